The summed E-state index contributed by atoms with van der Waals surface area (Å²) in [5, 5.41) is 7.00. The van der Waals surface area contributed by atoms with E-state index >= 15 is 0 Å². The predicted octanol–water partition coefficient (Wildman–Crippen LogP) is 15.0. The fourth-order valence-electron chi connectivity index (χ4n) is 8.07. The minimum Gasteiger partial charge on any atom is -0.435 e. The summed E-state index contributed by atoms with van der Waals surface area (Å²) >= 11 is 1.85. The molecule has 9 aromatic carbocycles. The van der Waals surface area contributed by atoms with E-state index in [9.17, 15) is 0 Å². The van der Waals surface area contributed by atoms with Gasteiger partial charge in [-0.25, -0.2) is 4.98 Å². The molecule has 0 atom stereocenters. The highest BCUT2D eigenvalue weighted by Gasteiger charge is 2.19. The first-order chi connectivity index (χ1) is 27.2. The normalized spacial score (nSPS) is 11.6. The molecule has 0 fully saturated rings. The van der Waals surface area contributed by atoms with Crippen molar-refractivity contribution in [2.45, 2.75) is 0 Å². The van der Waals surface area contributed by atoms with E-state index in [-0.39, 0.29) is 0 Å². The van der Waals surface area contributed by atoms with Crippen molar-refractivity contribution in [2.24, 2.45) is 0 Å². The van der Waals surface area contributed by atoms with Crippen molar-refractivity contribution in [3.8, 4) is 33.7 Å². The molecule has 0 saturated heterocycles. The molecule has 55 heavy (non-hydrogen) atoms. The molecule has 0 saturated carbocycles. The third kappa shape index (κ3) is 5.38. The lowest BCUT2D eigenvalue weighted by Crippen LogP contribution is -2.09. The molecule has 0 unspecified atom stereocenters. The van der Waals surface area contributed by atoms with Crippen molar-refractivity contribution in [2.75, 3.05) is 4.90 Å². The molecule has 2 heterocycles. The fourth-order valence-corrected chi connectivity index (χ4v) is 9.18. The standard InChI is InChI=1S/C51H32N2OS/c1-4-12-33(13-5-1)37-16-10-17-38(30-37)42-20-11-21-47-49(42)44-32-41(27-29-46(44)55-47)53(39-18-8-3-9-19-39)40-26-24-34-22-23-35-25-28-45-50(48(35)43(34)31-40)54-51(52-45)36-14-6-2-7-15-36/h1-32H. The molecule has 0 aliphatic rings. The Balaban J connectivity index is 1.10. The van der Waals surface area contributed by atoms with Crippen molar-refractivity contribution in [3.63, 3.8) is 0 Å². The van der Waals surface area contributed by atoms with Crippen LogP contribution in [0.15, 0.2) is 199 Å². The first-order valence-corrected chi connectivity index (χ1v) is 19.3. The van der Waals surface area contributed by atoms with Gasteiger partial charge in [-0.15, -0.1) is 11.3 Å². The number of hydrogen-bond donors (Lipinski definition) is 0. The number of rotatable bonds is 6. The van der Waals surface area contributed by atoms with Gasteiger partial charge in [0.05, 0.1) is 0 Å². The van der Waals surface area contributed by atoms with Gasteiger partial charge in [0.1, 0.15) is 5.52 Å². The number of benzene rings is 9. The van der Waals surface area contributed by atoms with E-state index in [0.717, 1.165) is 55.3 Å². The maximum absolute atomic E-state index is 6.58. The highest BCUT2D eigenvalue weighted by atomic mass is 32.1. The molecule has 0 bridgehead atoms. The summed E-state index contributed by atoms with van der Waals surface area (Å²) in [5.41, 5.74) is 10.8. The van der Waals surface area contributed by atoms with Crippen LogP contribution in [-0.4, -0.2) is 4.98 Å². The molecule has 0 aliphatic heterocycles. The zero-order chi connectivity index (χ0) is 36.3. The van der Waals surface area contributed by atoms with Gasteiger partial charge in [-0.1, -0.05) is 121 Å². The molecule has 0 spiro atoms. The van der Waals surface area contributed by atoms with E-state index in [2.05, 4.69) is 169 Å². The van der Waals surface area contributed by atoms with E-state index in [1.165, 1.54) is 42.4 Å². The lowest BCUT2D eigenvalue weighted by Gasteiger charge is -2.26. The van der Waals surface area contributed by atoms with Crippen molar-refractivity contribution in [3.05, 3.63) is 194 Å². The van der Waals surface area contributed by atoms with Gasteiger partial charge in [-0.2, -0.15) is 0 Å². The molecule has 0 amide bonds. The highest BCUT2D eigenvalue weighted by Crippen LogP contribution is 2.45. The molecule has 0 N–H and O–H groups in total. The van der Waals surface area contributed by atoms with Gasteiger partial charge in [0.25, 0.3) is 0 Å². The zero-order valence-electron chi connectivity index (χ0n) is 29.7. The van der Waals surface area contributed by atoms with Crippen LogP contribution in [0.25, 0.3) is 86.5 Å². The Morgan fingerprint density at radius 1 is 0.418 bits per heavy atom. The maximum atomic E-state index is 6.58. The molecule has 4 heteroatoms. The third-order valence-electron chi connectivity index (χ3n) is 10.6. The van der Waals surface area contributed by atoms with Crippen LogP contribution < -0.4 is 4.90 Å². The Kier molecular flexibility index (Phi) is 7.35. The number of hydrogen-bond acceptors (Lipinski definition) is 4. The van der Waals surface area contributed by atoms with Crippen LogP contribution in [-0.2, 0) is 0 Å². The van der Waals surface area contributed by atoms with Crippen LogP contribution in [0.3, 0.4) is 0 Å². The zero-order valence-corrected chi connectivity index (χ0v) is 30.5. The summed E-state index contributed by atoms with van der Waals surface area (Å²) in [7, 11) is 0. The van der Waals surface area contributed by atoms with Gasteiger partial charge in [0.15, 0.2) is 5.58 Å². The molecular weight excluding hydrogens is 689 g/mol. The largest absolute Gasteiger partial charge is 0.435 e. The highest BCUT2D eigenvalue weighted by molar-refractivity contribution is 7.26. The second-order valence-electron chi connectivity index (χ2n) is 13.9. The second kappa shape index (κ2) is 12.8. The Bertz CT molecular complexity index is 3200. The summed E-state index contributed by atoms with van der Waals surface area (Å²) < 4.78 is 9.13. The quantitative estimate of drug-likeness (QED) is 0.160. The Morgan fingerprint density at radius 3 is 1.87 bits per heavy atom. The van der Waals surface area contributed by atoms with E-state index in [1.54, 1.807) is 0 Å². The number of aromatic nitrogens is 1. The van der Waals surface area contributed by atoms with Crippen LogP contribution in [0, 0.1) is 0 Å². The molecule has 11 rings (SSSR count). The first-order valence-electron chi connectivity index (χ1n) is 18.5. The lowest BCUT2D eigenvalue weighted by molar-refractivity contribution is 0.623. The summed E-state index contributed by atoms with van der Waals surface area (Å²) in [6.45, 7) is 0. The van der Waals surface area contributed by atoms with Crippen molar-refractivity contribution < 1.29 is 4.42 Å². The van der Waals surface area contributed by atoms with Crippen molar-refractivity contribution >= 4 is 81.2 Å². The van der Waals surface area contributed by atoms with Crippen LogP contribution in [0.1, 0.15) is 0 Å². The topological polar surface area (TPSA) is 29.3 Å². The number of anilines is 3. The van der Waals surface area contributed by atoms with E-state index in [0.29, 0.717) is 5.89 Å². The molecule has 11 aromatic rings. The smallest absolute Gasteiger partial charge is 0.227 e. The Labute approximate surface area is 322 Å². The minimum absolute atomic E-state index is 0.629. The van der Waals surface area contributed by atoms with Crippen molar-refractivity contribution in [1.29, 1.82) is 0 Å². The maximum Gasteiger partial charge on any atom is 0.227 e. The second-order valence-corrected chi connectivity index (χ2v) is 15.0. The SMILES string of the molecule is c1ccc(-c2cccc(-c3cccc4sc5ccc(N(c6ccccc6)c6ccc7ccc8ccc9nc(-c%10ccccc%10)oc9c8c7c6)cc5c34)c2)cc1. The Hall–Kier alpha value is -7.01. The average molecular weight is 721 g/mol. The Morgan fingerprint density at radius 2 is 1.05 bits per heavy atom. The summed E-state index contributed by atoms with van der Waals surface area (Å²) in [6.07, 6.45) is 0. The van der Waals surface area contributed by atoms with Gasteiger partial charge in [-0.3, -0.25) is 0 Å². The number of fused-ring (bicyclic) bond motifs is 8. The molecular formula is C51H32N2OS. The molecule has 2 aromatic heterocycles. The molecule has 0 aliphatic carbocycles. The number of nitrogens with zero attached hydrogens (tertiary/aromatic N) is 2. The molecule has 0 radical (unpaired) electrons. The van der Waals surface area contributed by atoms with Gasteiger partial charge < -0.3 is 9.32 Å². The number of thiophene rings is 1. The van der Waals surface area contributed by atoms with Crippen LogP contribution in [0.4, 0.5) is 17.1 Å². The molecule has 258 valence electrons. The van der Waals surface area contributed by atoms with Crippen LogP contribution in [0.5, 0.6) is 0 Å². The first kappa shape index (κ1) is 31.5. The van der Waals surface area contributed by atoms with E-state index in [4.69, 9.17) is 9.40 Å². The third-order valence-corrected chi connectivity index (χ3v) is 11.8. The van der Waals surface area contributed by atoms with E-state index in [1.807, 2.05) is 41.7 Å². The predicted molar refractivity (Wildman–Crippen MR) is 233 cm³/mol. The summed E-state index contributed by atoms with van der Waals surface area (Å²) in [6, 6.07) is 69.3. The van der Waals surface area contributed by atoms with E-state index < -0.39 is 0 Å². The average Bonchev–Trinajstić information content (AvgIpc) is 3.87. The van der Waals surface area contributed by atoms with Crippen molar-refractivity contribution in [1.82, 2.24) is 4.98 Å². The van der Waals surface area contributed by atoms with Crippen LogP contribution >= 0.6 is 11.3 Å². The molecule has 3 nitrogen and oxygen atoms in total. The van der Waals surface area contributed by atoms with Gasteiger partial charge in [-0.05, 0) is 111 Å². The summed E-state index contributed by atoms with van der Waals surface area (Å²) in [5.74, 6) is 0.629. The van der Waals surface area contributed by atoms with Crippen LogP contribution in [0.2, 0.25) is 0 Å². The number of oxazole rings is 1. The van der Waals surface area contributed by atoms with Gasteiger partial charge in [0.2, 0.25) is 5.89 Å². The fraction of sp³-hybridized carbons (Fsp3) is 0. The van der Waals surface area contributed by atoms with Gasteiger partial charge in [0, 0.05) is 48.2 Å². The van der Waals surface area contributed by atoms with Gasteiger partial charge >= 0.3 is 0 Å². The monoisotopic (exact) mass is 720 g/mol. The lowest BCUT2D eigenvalue weighted by atomic mass is 9.96. The summed E-state index contributed by atoms with van der Waals surface area (Å²) in [4.78, 5) is 7.29. The number of para-hydroxylation sites is 1. The minimum atomic E-state index is 0.629.